The number of Topliss-reactive ketones (excluding diaryl/α,β-unsaturated/α-hetero) is 1. The number of hydrogen-bond acceptors (Lipinski definition) is 7. The van der Waals surface area contributed by atoms with Gasteiger partial charge < -0.3 is 19.7 Å². The minimum Gasteiger partial charge on any atom is -0.455 e. The highest BCUT2D eigenvalue weighted by Gasteiger charge is 2.87. The summed E-state index contributed by atoms with van der Waals surface area (Å²) in [4.78, 5) is 38.5. The zero-order chi connectivity index (χ0) is 27.3. The first-order valence-electron chi connectivity index (χ1n) is 13.4. The van der Waals surface area contributed by atoms with Gasteiger partial charge in [-0.2, -0.15) is 0 Å². The second-order valence-electron chi connectivity index (χ2n) is 11.8. The molecule has 4 aliphatic carbocycles. The second kappa shape index (κ2) is 9.66. The van der Waals surface area contributed by atoms with E-state index in [2.05, 4.69) is 6.92 Å². The highest BCUT2D eigenvalue weighted by atomic mass is 16.6. The van der Waals surface area contributed by atoms with Gasteiger partial charge in [0.25, 0.3) is 0 Å². The van der Waals surface area contributed by atoms with E-state index in [0.717, 1.165) is 12.8 Å². The third-order valence-corrected chi connectivity index (χ3v) is 9.38. The molecule has 0 saturated heterocycles. The van der Waals surface area contributed by atoms with Crippen LogP contribution in [0.5, 0.6) is 0 Å². The molecule has 7 nitrogen and oxygen atoms in total. The Morgan fingerprint density at radius 3 is 2.51 bits per heavy atom. The van der Waals surface area contributed by atoms with Crippen LogP contribution in [0.3, 0.4) is 0 Å². The lowest BCUT2D eigenvalue weighted by Crippen LogP contribution is -2.63. The van der Waals surface area contributed by atoms with Crippen molar-refractivity contribution in [3.63, 3.8) is 0 Å². The van der Waals surface area contributed by atoms with Crippen LogP contribution in [-0.4, -0.2) is 51.8 Å². The van der Waals surface area contributed by atoms with Gasteiger partial charge in [-0.05, 0) is 30.9 Å². The fourth-order valence-electron chi connectivity index (χ4n) is 7.64. The molecule has 0 spiro atoms. The van der Waals surface area contributed by atoms with Crippen molar-refractivity contribution in [1.82, 2.24) is 0 Å². The summed E-state index contributed by atoms with van der Waals surface area (Å²) >= 11 is 0. The van der Waals surface area contributed by atoms with Crippen LogP contribution in [0.1, 0.15) is 60.8 Å². The number of aliphatic hydroxyl groups is 2. The quantitative estimate of drug-likeness (QED) is 0.231. The highest BCUT2D eigenvalue weighted by molar-refractivity contribution is 6.00. The molecule has 8 atom stereocenters. The van der Waals surface area contributed by atoms with E-state index in [1.807, 2.05) is 39.0 Å². The molecule has 2 N–H and O–H groups in total. The summed E-state index contributed by atoms with van der Waals surface area (Å²) in [6.07, 6.45) is 11.8. The summed E-state index contributed by atoms with van der Waals surface area (Å²) in [6, 6.07) is 0. The van der Waals surface area contributed by atoms with Crippen molar-refractivity contribution in [2.45, 2.75) is 78.1 Å². The Labute approximate surface area is 219 Å². The lowest BCUT2D eigenvalue weighted by molar-refractivity contribution is -0.217. The van der Waals surface area contributed by atoms with Gasteiger partial charge >= 0.3 is 11.9 Å². The molecule has 0 unspecified atom stereocenters. The molecular formula is C30H40O7. The maximum Gasteiger partial charge on any atom is 0.331 e. The molecule has 202 valence electrons. The van der Waals surface area contributed by atoms with Crippen LogP contribution in [0.2, 0.25) is 0 Å². The number of esters is 2. The fraction of sp³-hybridized carbons (Fsp3) is 0.633. The van der Waals surface area contributed by atoms with Crippen LogP contribution in [0.25, 0.3) is 0 Å². The van der Waals surface area contributed by atoms with Crippen LogP contribution in [0.4, 0.5) is 0 Å². The van der Waals surface area contributed by atoms with Gasteiger partial charge in [0.05, 0.1) is 12.2 Å². The van der Waals surface area contributed by atoms with Crippen LogP contribution in [0.15, 0.2) is 47.6 Å². The number of unbranched alkanes of at least 4 members (excludes halogenated alkanes) is 1. The number of rotatable bonds is 7. The average molecular weight is 513 g/mol. The maximum absolute atomic E-state index is 13.1. The summed E-state index contributed by atoms with van der Waals surface area (Å²) in [5, 5.41) is 22.7. The molecule has 7 heteroatoms. The number of carbonyl (C=O) groups excluding carboxylic acids is 3. The van der Waals surface area contributed by atoms with E-state index in [4.69, 9.17) is 9.47 Å². The van der Waals surface area contributed by atoms with E-state index in [0.29, 0.717) is 17.6 Å². The molecule has 2 fully saturated rings. The number of allylic oxidation sites excluding steroid dienone is 4. The largest absolute Gasteiger partial charge is 0.455 e. The van der Waals surface area contributed by atoms with E-state index in [1.165, 1.54) is 13.0 Å². The summed E-state index contributed by atoms with van der Waals surface area (Å²) in [7, 11) is 0. The normalized spacial score (nSPS) is 39.8. The third-order valence-electron chi connectivity index (χ3n) is 9.38. The van der Waals surface area contributed by atoms with Gasteiger partial charge in [-0.1, -0.05) is 64.5 Å². The second-order valence-corrected chi connectivity index (χ2v) is 11.8. The number of ketones is 1. The Morgan fingerprint density at radius 1 is 1.19 bits per heavy atom. The van der Waals surface area contributed by atoms with Crippen molar-refractivity contribution in [2.75, 3.05) is 6.61 Å². The van der Waals surface area contributed by atoms with Gasteiger partial charge in [0, 0.05) is 48.0 Å². The first-order chi connectivity index (χ1) is 17.4. The summed E-state index contributed by atoms with van der Waals surface area (Å²) in [6.45, 7) is 10.7. The molecule has 4 aliphatic rings. The Morgan fingerprint density at radius 2 is 1.89 bits per heavy atom. The number of fused-ring (bicyclic) bond motifs is 5. The predicted molar refractivity (Wildman–Crippen MR) is 138 cm³/mol. The van der Waals surface area contributed by atoms with E-state index in [-0.39, 0.29) is 18.3 Å². The topological polar surface area (TPSA) is 110 Å². The third kappa shape index (κ3) is 4.06. The van der Waals surface area contributed by atoms with Crippen molar-refractivity contribution in [2.24, 2.45) is 35.0 Å². The predicted octanol–water partition coefficient (Wildman–Crippen LogP) is 3.85. The van der Waals surface area contributed by atoms with Gasteiger partial charge in [-0.25, -0.2) is 4.79 Å². The van der Waals surface area contributed by atoms with Gasteiger partial charge in [-0.15, -0.1) is 0 Å². The van der Waals surface area contributed by atoms with Crippen LogP contribution in [-0.2, 0) is 23.9 Å². The first kappa shape index (κ1) is 27.5. The van der Waals surface area contributed by atoms with Crippen LogP contribution >= 0.6 is 0 Å². The smallest absolute Gasteiger partial charge is 0.331 e. The monoisotopic (exact) mass is 512 g/mol. The van der Waals surface area contributed by atoms with Crippen molar-refractivity contribution < 1.29 is 34.1 Å². The van der Waals surface area contributed by atoms with Crippen molar-refractivity contribution in [1.29, 1.82) is 0 Å². The molecule has 2 saturated carbocycles. The molecule has 0 heterocycles. The number of aliphatic hydroxyl groups excluding tert-OH is 1. The van der Waals surface area contributed by atoms with Gasteiger partial charge in [0.2, 0.25) is 0 Å². The van der Waals surface area contributed by atoms with E-state index in [9.17, 15) is 24.6 Å². The number of hydrogen-bond donors (Lipinski definition) is 2. The summed E-state index contributed by atoms with van der Waals surface area (Å²) in [5.41, 5.74) is -1.94. The van der Waals surface area contributed by atoms with E-state index < -0.39 is 58.3 Å². The SMILES string of the molecule is CCC/C=C/C=CC(=O)O[C@@H]1[C@@H](C)[C@]2(O)[C@@H]3C=C(C)C(=O)[C@@H]3CC(CO)=C[C@H]2[C@@H]2C(C)(C)[C@]12OC(C)=O. The molecule has 0 aromatic heterocycles. The highest BCUT2D eigenvalue weighted by Crippen LogP contribution is 2.76. The average Bonchev–Trinajstić information content (AvgIpc) is 3.22. The molecular weight excluding hydrogens is 472 g/mol. The molecule has 0 bridgehead atoms. The molecule has 37 heavy (non-hydrogen) atoms. The zero-order valence-corrected chi connectivity index (χ0v) is 22.7. The molecule has 0 amide bonds. The van der Waals surface area contributed by atoms with Gasteiger partial charge in [-0.3, -0.25) is 9.59 Å². The molecule has 4 rings (SSSR count). The minimum absolute atomic E-state index is 0.0344. The van der Waals surface area contributed by atoms with Crippen molar-refractivity contribution in [3.8, 4) is 0 Å². The van der Waals surface area contributed by atoms with Crippen LogP contribution < -0.4 is 0 Å². The van der Waals surface area contributed by atoms with Crippen molar-refractivity contribution in [3.05, 3.63) is 47.6 Å². The Balaban J connectivity index is 1.81. The number of ether oxygens (including phenoxy) is 2. The molecule has 0 aromatic rings. The summed E-state index contributed by atoms with van der Waals surface area (Å²) < 4.78 is 12.1. The molecule has 0 aromatic carbocycles. The lowest BCUT2D eigenvalue weighted by atomic mass is 9.60. The Bertz CT molecular complexity index is 1100. The fourth-order valence-corrected chi connectivity index (χ4v) is 7.64. The van der Waals surface area contributed by atoms with Gasteiger partial charge in [0.1, 0.15) is 6.10 Å². The van der Waals surface area contributed by atoms with E-state index in [1.54, 1.807) is 19.1 Å². The molecule has 0 aliphatic heterocycles. The van der Waals surface area contributed by atoms with Gasteiger partial charge in [0.15, 0.2) is 11.4 Å². The standard InChI is InChI=1S/C30H40O7/c1-7-8-9-10-11-12-24(33)36-27-18(3)29(35)22-13-17(2)25(34)21(22)14-20(16-31)15-23(29)26-28(5,6)30(26,27)37-19(4)32/h9-13,15,18,21-23,26-27,31,35H,7-8,14,16H2,1-6H3/b10-9+,12-11?/t18-,21-,22-,23+,26-,27-,29+,30-/m1/s1. The zero-order valence-electron chi connectivity index (χ0n) is 22.7. The Hall–Kier alpha value is -2.51. The van der Waals surface area contributed by atoms with Crippen LogP contribution in [0, 0.1) is 35.0 Å². The first-order valence-corrected chi connectivity index (χ1v) is 13.4. The maximum atomic E-state index is 13.1. The lowest BCUT2D eigenvalue weighted by Gasteiger charge is -2.52. The minimum atomic E-state index is -1.45. The molecule has 0 radical (unpaired) electrons. The number of carbonyl (C=O) groups is 3. The van der Waals surface area contributed by atoms with E-state index >= 15 is 0 Å². The Kier molecular flexibility index (Phi) is 7.19. The van der Waals surface area contributed by atoms with Crippen molar-refractivity contribution >= 4 is 17.7 Å². The summed E-state index contributed by atoms with van der Waals surface area (Å²) in [5.74, 6) is -3.67.